The van der Waals surface area contributed by atoms with Gasteiger partial charge in [0.2, 0.25) is 10.0 Å². The fraction of sp³-hybridized carbons (Fsp3) is 0.370. The Morgan fingerprint density at radius 2 is 1.62 bits per heavy atom. The Kier molecular flexibility index (Phi) is 7.84. The molecule has 37 heavy (non-hydrogen) atoms. The number of nitrogens with zero attached hydrogens (tertiary/aromatic N) is 2. The summed E-state index contributed by atoms with van der Waals surface area (Å²) in [6.07, 6.45) is 0. The molecule has 0 bridgehead atoms. The van der Waals surface area contributed by atoms with E-state index < -0.39 is 10.0 Å². The van der Waals surface area contributed by atoms with Crippen LogP contribution in [0.4, 0.5) is 10.1 Å². The van der Waals surface area contributed by atoms with Gasteiger partial charge in [-0.1, -0.05) is 39.0 Å². The fourth-order valence-electron chi connectivity index (χ4n) is 4.21. The molecule has 198 valence electrons. The highest BCUT2D eigenvalue weighted by molar-refractivity contribution is 7.89. The third-order valence-electron chi connectivity index (χ3n) is 6.36. The van der Waals surface area contributed by atoms with Crippen LogP contribution in [0.15, 0.2) is 63.9 Å². The molecule has 8 nitrogen and oxygen atoms in total. The van der Waals surface area contributed by atoms with Crippen molar-refractivity contribution < 1.29 is 22.0 Å². The van der Waals surface area contributed by atoms with Crippen LogP contribution in [0, 0.1) is 5.82 Å². The highest BCUT2D eigenvalue weighted by Crippen LogP contribution is 2.29. The number of primary sulfonamides is 1. The molecule has 1 aliphatic heterocycles. The lowest BCUT2D eigenvalue weighted by molar-refractivity contribution is 0.101. The highest BCUT2D eigenvalue weighted by atomic mass is 32.2. The van der Waals surface area contributed by atoms with E-state index in [-0.39, 0.29) is 22.0 Å². The van der Waals surface area contributed by atoms with Crippen LogP contribution < -0.4 is 10.5 Å². The summed E-state index contributed by atoms with van der Waals surface area (Å²) in [6, 6.07) is 14.2. The van der Waals surface area contributed by atoms with E-state index >= 15 is 0 Å². The molecular formula is C27H33FN4O4S. The van der Waals surface area contributed by atoms with Crippen LogP contribution in [0.5, 0.6) is 0 Å². The minimum absolute atomic E-state index is 0.0772. The molecule has 1 fully saturated rings. The average molecular weight is 529 g/mol. The molecule has 1 amide bonds. The number of halogens is 1. The van der Waals surface area contributed by atoms with Gasteiger partial charge in [-0.2, -0.15) is 0 Å². The Balaban J connectivity index is 1.46. The predicted octanol–water partition coefficient (Wildman–Crippen LogP) is 3.93. The average Bonchev–Trinajstić information content (AvgIpc) is 3.26. The van der Waals surface area contributed by atoms with Gasteiger partial charge in [-0.05, 0) is 42.0 Å². The van der Waals surface area contributed by atoms with Crippen molar-refractivity contribution in [3.8, 4) is 0 Å². The van der Waals surface area contributed by atoms with Gasteiger partial charge in [-0.15, -0.1) is 0 Å². The Hall–Kier alpha value is -3.05. The number of carbonyl (C=O) groups is 1. The first-order valence-electron chi connectivity index (χ1n) is 12.1. The highest BCUT2D eigenvalue weighted by Gasteiger charge is 2.27. The van der Waals surface area contributed by atoms with Gasteiger partial charge < -0.3 is 9.73 Å². The molecule has 3 N–H and O–H groups in total. The van der Waals surface area contributed by atoms with E-state index in [9.17, 15) is 17.6 Å². The zero-order chi connectivity index (χ0) is 26.8. The van der Waals surface area contributed by atoms with Crippen LogP contribution in [0.2, 0.25) is 0 Å². The van der Waals surface area contributed by atoms with Crippen LogP contribution in [0.3, 0.4) is 0 Å². The van der Waals surface area contributed by atoms with Gasteiger partial charge >= 0.3 is 0 Å². The van der Waals surface area contributed by atoms with E-state index in [0.717, 1.165) is 38.3 Å². The summed E-state index contributed by atoms with van der Waals surface area (Å²) in [5.74, 6) is 0.646. The minimum Gasteiger partial charge on any atom is -0.463 e. The number of amides is 1. The van der Waals surface area contributed by atoms with E-state index in [4.69, 9.17) is 9.56 Å². The Labute approximate surface area is 217 Å². The van der Waals surface area contributed by atoms with E-state index in [1.807, 2.05) is 32.9 Å². The van der Waals surface area contributed by atoms with Crippen LogP contribution in [0.1, 0.15) is 48.2 Å². The molecule has 0 spiro atoms. The second kappa shape index (κ2) is 10.7. The third-order valence-corrected chi connectivity index (χ3v) is 7.28. The number of rotatable bonds is 7. The van der Waals surface area contributed by atoms with Crippen molar-refractivity contribution in [2.75, 3.05) is 31.5 Å². The molecule has 1 aliphatic rings. The summed E-state index contributed by atoms with van der Waals surface area (Å²) >= 11 is 0. The summed E-state index contributed by atoms with van der Waals surface area (Å²) in [7, 11) is -3.89. The SMILES string of the molecule is CC(C)(C)c1cc(C(=O)Nc2cccc(S(N)(=O)=O)c2)c(CN2CCN(Cc3ccc(F)cc3)CC2)o1. The molecule has 1 aromatic heterocycles. The number of hydrogen-bond acceptors (Lipinski definition) is 6. The first kappa shape index (κ1) is 27.0. The van der Waals surface area contributed by atoms with E-state index in [2.05, 4.69) is 15.1 Å². The zero-order valence-corrected chi connectivity index (χ0v) is 22.1. The first-order chi connectivity index (χ1) is 17.4. The van der Waals surface area contributed by atoms with E-state index in [0.29, 0.717) is 29.3 Å². The summed E-state index contributed by atoms with van der Waals surface area (Å²) < 4.78 is 42.8. The van der Waals surface area contributed by atoms with Crippen LogP contribution in [0.25, 0.3) is 0 Å². The molecule has 0 atom stereocenters. The van der Waals surface area contributed by atoms with E-state index in [1.54, 1.807) is 12.1 Å². The molecule has 0 saturated carbocycles. The van der Waals surface area contributed by atoms with Crippen LogP contribution >= 0.6 is 0 Å². The number of nitrogens with two attached hydrogens (primary N) is 1. The molecule has 0 radical (unpaired) electrons. The van der Waals surface area contributed by atoms with Crippen molar-refractivity contribution in [1.29, 1.82) is 0 Å². The maximum absolute atomic E-state index is 13.3. The predicted molar refractivity (Wildman–Crippen MR) is 140 cm³/mol. The smallest absolute Gasteiger partial charge is 0.259 e. The molecule has 0 aliphatic carbocycles. The summed E-state index contributed by atoms with van der Waals surface area (Å²) in [4.78, 5) is 17.7. The second-order valence-electron chi connectivity index (χ2n) is 10.4. The maximum Gasteiger partial charge on any atom is 0.259 e. The Morgan fingerprint density at radius 1 is 1.00 bits per heavy atom. The largest absolute Gasteiger partial charge is 0.463 e. The van der Waals surface area contributed by atoms with Crippen LogP contribution in [-0.2, 0) is 28.5 Å². The number of anilines is 1. The fourth-order valence-corrected chi connectivity index (χ4v) is 4.77. The number of nitrogens with one attached hydrogen (secondary N) is 1. The second-order valence-corrected chi connectivity index (χ2v) is 12.0. The lowest BCUT2D eigenvalue weighted by Gasteiger charge is -2.34. The van der Waals surface area contributed by atoms with Crippen molar-refractivity contribution in [1.82, 2.24) is 9.80 Å². The number of piperazine rings is 1. The molecule has 2 heterocycles. The van der Waals surface area contributed by atoms with Gasteiger partial charge in [0.05, 0.1) is 17.0 Å². The molecule has 0 unspecified atom stereocenters. The van der Waals surface area contributed by atoms with Gasteiger partial charge in [0.25, 0.3) is 5.91 Å². The number of benzene rings is 2. The lowest BCUT2D eigenvalue weighted by atomic mass is 9.93. The molecule has 1 saturated heterocycles. The zero-order valence-electron chi connectivity index (χ0n) is 21.3. The molecular weight excluding hydrogens is 495 g/mol. The van der Waals surface area contributed by atoms with Crippen molar-refractivity contribution >= 4 is 21.6 Å². The molecule has 4 rings (SSSR count). The summed E-state index contributed by atoms with van der Waals surface area (Å²) in [5, 5.41) is 8.01. The van der Waals surface area contributed by atoms with Gasteiger partial charge in [0.15, 0.2) is 0 Å². The Morgan fingerprint density at radius 3 is 2.22 bits per heavy atom. The maximum atomic E-state index is 13.3. The van der Waals surface area contributed by atoms with Crippen molar-refractivity contribution in [3.63, 3.8) is 0 Å². The number of furan rings is 1. The standard InChI is InChI=1S/C27H33FN4O4S/c1-27(2,3)25-16-23(26(33)30-21-5-4-6-22(15-21)37(29,34)35)24(36-25)18-32-13-11-31(12-14-32)17-19-7-9-20(28)10-8-19/h4-10,15-16H,11-14,17-18H2,1-3H3,(H,30,33)(H2,29,34,35). The van der Waals surface area contributed by atoms with Crippen molar-refractivity contribution in [2.45, 2.75) is 44.2 Å². The van der Waals surface area contributed by atoms with Crippen molar-refractivity contribution in [3.05, 3.63) is 83.1 Å². The van der Waals surface area contributed by atoms with E-state index in [1.165, 1.54) is 30.3 Å². The lowest BCUT2D eigenvalue weighted by Crippen LogP contribution is -2.45. The number of hydrogen-bond donors (Lipinski definition) is 2. The minimum atomic E-state index is -3.89. The van der Waals surface area contributed by atoms with Gasteiger partial charge in [0, 0.05) is 43.8 Å². The van der Waals surface area contributed by atoms with Crippen LogP contribution in [-0.4, -0.2) is 50.3 Å². The summed E-state index contributed by atoms with van der Waals surface area (Å²) in [5.41, 5.74) is 1.52. The third kappa shape index (κ3) is 7.04. The number of sulfonamides is 1. The monoisotopic (exact) mass is 528 g/mol. The van der Waals surface area contributed by atoms with Crippen molar-refractivity contribution in [2.24, 2.45) is 5.14 Å². The normalized spacial score (nSPS) is 15.6. The topological polar surface area (TPSA) is 109 Å². The quantitative estimate of drug-likeness (QED) is 0.481. The Bertz CT molecular complexity index is 1360. The number of carbonyl (C=O) groups excluding carboxylic acids is 1. The molecule has 2 aromatic carbocycles. The van der Waals surface area contributed by atoms with Gasteiger partial charge in [-0.25, -0.2) is 17.9 Å². The molecule has 3 aromatic rings. The first-order valence-corrected chi connectivity index (χ1v) is 13.7. The summed E-state index contributed by atoms with van der Waals surface area (Å²) in [6.45, 7) is 10.5. The van der Waals surface area contributed by atoms with Gasteiger partial charge in [0.1, 0.15) is 17.3 Å². The van der Waals surface area contributed by atoms with Gasteiger partial charge in [-0.3, -0.25) is 14.6 Å². The molecule has 10 heteroatoms.